The molecule has 1 aliphatic rings. The van der Waals surface area contributed by atoms with E-state index in [0.717, 1.165) is -0.0619 Å². The summed E-state index contributed by atoms with van der Waals surface area (Å²) in [5, 5.41) is 0. The Balaban J connectivity index is 0.00000354. The highest BCUT2D eigenvalue weighted by Crippen LogP contribution is 2.57. The standard InChI is InChI=1S/C6H18O24P6.CHI3/c7-31(8,9)25-1-2(26-32(10,11)12)4(28-34(16,17)18)6(30-36(22,23)24)5(29-35(19,20)21)3(1)27-33(13,14)15;2-1(3)4/h1-6H,(H2,7,8,9)(H2,10,11,12)(H2,13,14,15)(H2,16,17,18)(H2,19,20,21)(H2,22,23,24);1H. The second kappa shape index (κ2) is 16.1. The third-order valence-electron chi connectivity index (χ3n) is 3.50. The summed E-state index contributed by atoms with van der Waals surface area (Å²) >= 11 is 6.95. The molecule has 1 fully saturated rings. The largest absolute Gasteiger partial charge is 0.470 e. The molecule has 12 N–H and O–H groups in total. The van der Waals surface area contributed by atoms with Gasteiger partial charge in [0.25, 0.3) is 0 Å². The lowest BCUT2D eigenvalue weighted by Gasteiger charge is -2.48. The number of alkyl halides is 3. The van der Waals surface area contributed by atoms with Crippen molar-refractivity contribution in [3.8, 4) is 0 Å². The monoisotopic (exact) mass is 1050 g/mol. The fourth-order valence-corrected chi connectivity index (χ4v) is 6.14. The van der Waals surface area contributed by atoms with Crippen LogP contribution >= 0.6 is 115 Å². The minimum atomic E-state index is -6.02. The van der Waals surface area contributed by atoms with Gasteiger partial charge >= 0.3 is 46.9 Å². The number of hydrogen-bond acceptors (Lipinski definition) is 12. The smallest absolute Gasteiger partial charge is 0.303 e. The van der Waals surface area contributed by atoms with Gasteiger partial charge < -0.3 is 58.7 Å². The van der Waals surface area contributed by atoms with Gasteiger partial charge in [0.05, 0.1) is 0 Å². The van der Waals surface area contributed by atoms with Gasteiger partial charge in [0.1, 0.15) is 36.6 Å². The van der Waals surface area contributed by atoms with Gasteiger partial charge in [0.15, 0.2) is 0 Å². The van der Waals surface area contributed by atoms with Crippen molar-refractivity contribution in [2.45, 2.75) is 36.6 Å². The molecule has 242 valence electrons. The molecule has 0 aliphatic heterocycles. The molecular weight excluding hydrogens is 1030 g/mol. The Morgan fingerprint density at radius 3 is 0.475 bits per heavy atom. The van der Waals surface area contributed by atoms with Gasteiger partial charge in [-0.15, -0.1) is 0 Å². The van der Waals surface area contributed by atoms with Crippen LogP contribution in [-0.4, -0.2) is 95.3 Å². The predicted octanol–water partition coefficient (Wildman–Crippen LogP) is -0.558. The van der Waals surface area contributed by atoms with Crippen LogP contribution in [0.5, 0.6) is 0 Å². The molecule has 0 aromatic carbocycles. The van der Waals surface area contributed by atoms with Crippen LogP contribution in [-0.2, 0) is 54.5 Å². The van der Waals surface area contributed by atoms with Crippen LogP contribution in [0.2, 0.25) is 0 Å². The van der Waals surface area contributed by atoms with Gasteiger partial charge in [-0.2, -0.15) is 0 Å². The predicted molar refractivity (Wildman–Crippen MR) is 147 cm³/mol. The highest BCUT2D eigenvalue weighted by atomic mass is 127. The van der Waals surface area contributed by atoms with E-state index in [1.807, 2.05) is 0 Å². The molecule has 0 atom stereocenters. The highest BCUT2D eigenvalue weighted by Gasteiger charge is 2.62. The fraction of sp³-hybridized carbons (Fsp3) is 1.00. The molecule has 0 radical (unpaired) electrons. The van der Waals surface area contributed by atoms with Crippen LogP contribution < -0.4 is 0 Å². The van der Waals surface area contributed by atoms with Gasteiger partial charge in [-0.3, -0.25) is 27.1 Å². The molecule has 0 saturated heterocycles. The third kappa shape index (κ3) is 20.1. The van der Waals surface area contributed by atoms with Crippen molar-refractivity contribution >= 4 is 115 Å². The summed E-state index contributed by atoms with van der Waals surface area (Å²) in [6, 6.07) is 0. The maximum absolute atomic E-state index is 11.4. The molecule has 0 spiro atoms. The Labute approximate surface area is 262 Å². The van der Waals surface area contributed by atoms with Gasteiger partial charge in [-0.1, -0.05) is 67.8 Å². The topological polar surface area (TPSA) is 401 Å². The van der Waals surface area contributed by atoms with Crippen molar-refractivity contribution in [3.05, 3.63) is 0 Å². The summed E-state index contributed by atoms with van der Waals surface area (Å²) in [6.45, 7) is 0. The quantitative estimate of drug-likeness (QED) is 0.0662. The van der Waals surface area contributed by atoms with E-state index >= 15 is 0 Å². The highest BCUT2D eigenvalue weighted by molar-refractivity contribution is 14.3. The average Bonchev–Trinajstić information content (AvgIpc) is 2.57. The van der Waals surface area contributed by atoms with Gasteiger partial charge in [-0.05, 0) is 0 Å². The van der Waals surface area contributed by atoms with E-state index in [9.17, 15) is 27.4 Å². The minimum Gasteiger partial charge on any atom is -0.303 e. The van der Waals surface area contributed by atoms with Crippen LogP contribution in [0.4, 0.5) is 0 Å². The first-order valence-electron chi connectivity index (χ1n) is 8.66. The second-order valence-corrected chi connectivity index (χ2v) is 24.7. The number of phosphoric ester groups is 6. The lowest BCUT2D eigenvalue weighted by molar-refractivity contribution is -0.202. The zero-order chi connectivity index (χ0) is 32.3. The van der Waals surface area contributed by atoms with E-state index in [4.69, 9.17) is 58.7 Å². The van der Waals surface area contributed by atoms with Crippen molar-refractivity contribution in [3.63, 3.8) is 0 Å². The lowest BCUT2D eigenvalue weighted by Crippen LogP contribution is -2.66. The molecule has 0 amide bonds. The third-order valence-corrected chi connectivity index (χ3v) is 6.61. The molecule has 33 heteroatoms. The van der Waals surface area contributed by atoms with E-state index in [2.05, 4.69) is 94.9 Å². The molecule has 0 aromatic heterocycles. The van der Waals surface area contributed by atoms with Crippen LogP contribution in [0.25, 0.3) is 0 Å². The minimum absolute atomic E-state index is 0.743. The SMILES string of the molecule is IC(I)I.O=P(O)(O)OC1C(OP(=O)(O)O)C(OP(=O)(O)O)C(OP(=O)(O)O)C(OP(=O)(O)O)C1OP(=O)(O)O. The Morgan fingerprint density at radius 1 is 0.350 bits per heavy atom. The maximum Gasteiger partial charge on any atom is 0.470 e. The first kappa shape index (κ1) is 42.9. The Morgan fingerprint density at radius 2 is 0.425 bits per heavy atom. The van der Waals surface area contributed by atoms with E-state index in [1.165, 1.54) is 0 Å². The Bertz CT molecular complexity index is 878. The summed E-state index contributed by atoms with van der Waals surface area (Å²) in [7, 11) is -36.1. The molecule has 40 heavy (non-hydrogen) atoms. The number of hydrogen-bond donors (Lipinski definition) is 12. The van der Waals surface area contributed by atoms with Crippen LogP contribution in [0.1, 0.15) is 0 Å². The number of rotatable bonds is 12. The normalized spacial score (nSPS) is 27.3. The van der Waals surface area contributed by atoms with E-state index < -0.39 is 83.6 Å². The average molecular weight is 1050 g/mol. The first-order chi connectivity index (χ1) is 17.3. The van der Waals surface area contributed by atoms with Crippen LogP contribution in [0, 0.1) is 0 Å². The maximum atomic E-state index is 11.4. The molecule has 0 bridgehead atoms. The van der Waals surface area contributed by atoms with E-state index in [0.29, 0.717) is 0 Å². The van der Waals surface area contributed by atoms with Crippen molar-refractivity contribution in [1.29, 1.82) is 0 Å². The van der Waals surface area contributed by atoms with Crippen molar-refractivity contribution in [1.82, 2.24) is 0 Å². The summed E-state index contributed by atoms with van der Waals surface area (Å²) in [6.07, 6.45) is -18.9. The van der Waals surface area contributed by atoms with Crippen molar-refractivity contribution < 1.29 is 113 Å². The van der Waals surface area contributed by atoms with Crippen molar-refractivity contribution in [2.75, 3.05) is 0 Å². The second-order valence-electron chi connectivity index (χ2n) is 6.61. The lowest BCUT2D eigenvalue weighted by atomic mass is 9.85. The number of halogens is 3. The van der Waals surface area contributed by atoms with E-state index in [-0.39, 0.29) is 0 Å². The molecule has 1 aliphatic carbocycles. The van der Waals surface area contributed by atoms with Crippen LogP contribution in [0.15, 0.2) is 0 Å². The molecule has 0 heterocycles. The van der Waals surface area contributed by atoms with Gasteiger partial charge in [0.2, 0.25) is 0 Å². The molecule has 24 nitrogen and oxygen atoms in total. The molecular formula is C7H19I3O24P6. The number of phosphoric acid groups is 6. The van der Waals surface area contributed by atoms with Gasteiger partial charge in [0, 0.05) is 0 Å². The summed E-state index contributed by atoms with van der Waals surface area (Å²) in [5.41, 5.74) is 0. The molecule has 1 saturated carbocycles. The molecule has 1 rings (SSSR count). The molecule has 0 unspecified atom stereocenters. The Kier molecular flexibility index (Phi) is 17.3. The van der Waals surface area contributed by atoms with Crippen molar-refractivity contribution in [2.24, 2.45) is 0 Å². The van der Waals surface area contributed by atoms with E-state index in [1.54, 1.807) is 0 Å². The van der Waals surface area contributed by atoms with Crippen LogP contribution in [0.3, 0.4) is 0 Å². The molecule has 0 aromatic rings. The summed E-state index contributed by atoms with van der Waals surface area (Å²) < 4.78 is 93.9. The zero-order valence-electron chi connectivity index (χ0n) is 18.1. The summed E-state index contributed by atoms with van der Waals surface area (Å²) in [5.74, 6) is 0. The summed E-state index contributed by atoms with van der Waals surface area (Å²) in [4.78, 5) is 110. The zero-order valence-corrected chi connectivity index (χ0v) is 30.0. The fourth-order valence-electron chi connectivity index (χ4n) is 2.79. The Hall–Kier alpha value is 2.85. The van der Waals surface area contributed by atoms with Gasteiger partial charge in [-0.25, -0.2) is 27.4 Å². The first-order valence-corrected chi connectivity index (χ1v) is 21.6.